The topological polar surface area (TPSA) is 35.5 Å². The van der Waals surface area contributed by atoms with Gasteiger partial charge in [-0.2, -0.15) is 0 Å². The first-order valence-corrected chi connectivity index (χ1v) is 8.23. The van der Waals surface area contributed by atoms with Crippen LogP contribution < -0.4 is 4.74 Å². The molecule has 3 rings (SSSR count). The second-order valence-electron chi connectivity index (χ2n) is 6.45. The summed E-state index contributed by atoms with van der Waals surface area (Å²) >= 11 is 0. The number of rotatable bonds is 3. The first kappa shape index (κ1) is 19.3. The highest BCUT2D eigenvalue weighted by Crippen LogP contribution is 2.32. The number of carbonyl (C=O) groups is 1. The van der Waals surface area contributed by atoms with E-state index in [0.717, 1.165) is 18.6 Å². The van der Waals surface area contributed by atoms with Crippen LogP contribution in [0.2, 0.25) is 0 Å². The van der Waals surface area contributed by atoms with Gasteiger partial charge in [0.15, 0.2) is 17.5 Å². The van der Waals surface area contributed by atoms with Crippen LogP contribution in [0, 0.1) is 35.0 Å². The minimum Gasteiger partial charge on any atom is -0.423 e. The molecule has 0 aliphatic carbocycles. The maximum absolute atomic E-state index is 14.3. The summed E-state index contributed by atoms with van der Waals surface area (Å²) in [5, 5.41) is 0. The SMILES string of the molecule is CC1CCC(c2cc(F)c(C(=O)Oc3cc(F)c(F)c(F)c3)c(F)c2)OC1. The Morgan fingerprint density at radius 1 is 0.963 bits per heavy atom. The molecule has 0 saturated carbocycles. The normalized spacial score (nSPS) is 19.8. The molecule has 0 amide bonds. The Balaban J connectivity index is 1.83. The Kier molecular flexibility index (Phi) is 5.46. The van der Waals surface area contributed by atoms with Gasteiger partial charge in [-0.15, -0.1) is 0 Å². The van der Waals surface area contributed by atoms with E-state index in [1.807, 2.05) is 6.92 Å². The highest BCUT2D eigenvalue weighted by atomic mass is 19.2. The lowest BCUT2D eigenvalue weighted by Crippen LogP contribution is -2.20. The zero-order valence-corrected chi connectivity index (χ0v) is 14.2. The molecule has 1 aliphatic rings. The van der Waals surface area contributed by atoms with Crippen molar-refractivity contribution < 1.29 is 36.2 Å². The fourth-order valence-electron chi connectivity index (χ4n) is 2.87. The van der Waals surface area contributed by atoms with Crippen LogP contribution in [0.3, 0.4) is 0 Å². The third-order valence-electron chi connectivity index (χ3n) is 4.31. The Morgan fingerprint density at radius 3 is 2.07 bits per heavy atom. The summed E-state index contributed by atoms with van der Waals surface area (Å²) in [4.78, 5) is 12.0. The van der Waals surface area contributed by atoms with Crippen LogP contribution in [0.15, 0.2) is 24.3 Å². The van der Waals surface area contributed by atoms with Crippen molar-refractivity contribution in [1.82, 2.24) is 0 Å². The van der Waals surface area contributed by atoms with Crippen LogP contribution in [0.5, 0.6) is 5.75 Å². The molecule has 0 spiro atoms. The average molecular weight is 386 g/mol. The van der Waals surface area contributed by atoms with Crippen molar-refractivity contribution in [2.45, 2.75) is 25.9 Å². The van der Waals surface area contributed by atoms with Crippen molar-refractivity contribution in [3.8, 4) is 5.75 Å². The number of ether oxygens (including phenoxy) is 2. The molecule has 8 heteroatoms. The van der Waals surface area contributed by atoms with Crippen LogP contribution >= 0.6 is 0 Å². The predicted molar refractivity (Wildman–Crippen MR) is 84.7 cm³/mol. The average Bonchev–Trinajstić information content (AvgIpc) is 2.59. The first-order valence-electron chi connectivity index (χ1n) is 8.23. The van der Waals surface area contributed by atoms with E-state index in [0.29, 0.717) is 31.1 Å². The summed E-state index contributed by atoms with van der Waals surface area (Å²) in [6, 6.07) is 2.73. The van der Waals surface area contributed by atoms with Crippen LogP contribution in [0.1, 0.15) is 41.8 Å². The van der Waals surface area contributed by atoms with Gasteiger partial charge in [-0.25, -0.2) is 26.7 Å². The molecular weight excluding hydrogens is 371 g/mol. The standard InChI is InChI=1S/C19H15F5O3/c1-9-2-3-16(26-8-9)10-4-12(20)17(13(21)5-10)19(25)27-11-6-14(22)18(24)15(23)7-11/h4-7,9,16H,2-3,8H2,1H3. The van der Waals surface area contributed by atoms with Gasteiger partial charge in [-0.1, -0.05) is 6.92 Å². The van der Waals surface area contributed by atoms with E-state index in [-0.39, 0.29) is 5.56 Å². The zero-order valence-electron chi connectivity index (χ0n) is 14.2. The quantitative estimate of drug-likeness (QED) is 0.319. The monoisotopic (exact) mass is 386 g/mol. The zero-order chi connectivity index (χ0) is 19.7. The van der Waals surface area contributed by atoms with Crippen molar-refractivity contribution in [2.75, 3.05) is 6.61 Å². The Labute approximate surface area is 151 Å². The van der Waals surface area contributed by atoms with E-state index in [2.05, 4.69) is 4.74 Å². The van der Waals surface area contributed by atoms with E-state index >= 15 is 0 Å². The van der Waals surface area contributed by atoms with Gasteiger partial charge in [0.05, 0.1) is 6.10 Å². The molecule has 0 bridgehead atoms. The third-order valence-corrected chi connectivity index (χ3v) is 4.31. The minimum absolute atomic E-state index is 0.243. The molecule has 2 atom stereocenters. The van der Waals surface area contributed by atoms with Gasteiger partial charge in [-0.3, -0.25) is 0 Å². The lowest BCUT2D eigenvalue weighted by atomic mass is 9.95. The molecule has 0 N–H and O–H groups in total. The van der Waals surface area contributed by atoms with E-state index in [1.165, 1.54) is 0 Å². The second-order valence-corrected chi connectivity index (χ2v) is 6.45. The summed E-state index contributed by atoms with van der Waals surface area (Å²) < 4.78 is 78.0. The van der Waals surface area contributed by atoms with Gasteiger partial charge in [0, 0.05) is 18.7 Å². The lowest BCUT2D eigenvalue weighted by molar-refractivity contribution is -0.0126. The molecule has 2 aromatic carbocycles. The summed E-state index contributed by atoms with van der Waals surface area (Å²) in [5.41, 5.74) is -0.777. The molecule has 27 heavy (non-hydrogen) atoms. The number of hydrogen-bond donors (Lipinski definition) is 0. The third kappa shape index (κ3) is 4.10. The Bertz CT molecular complexity index is 830. The molecular formula is C19H15F5O3. The van der Waals surface area contributed by atoms with E-state index in [4.69, 9.17) is 4.74 Å². The van der Waals surface area contributed by atoms with Crippen LogP contribution in [0.4, 0.5) is 22.0 Å². The van der Waals surface area contributed by atoms with Gasteiger partial charge in [0.25, 0.3) is 0 Å². The van der Waals surface area contributed by atoms with Gasteiger partial charge in [0.2, 0.25) is 0 Å². The Morgan fingerprint density at radius 2 is 1.56 bits per heavy atom. The lowest BCUT2D eigenvalue weighted by Gasteiger charge is -2.27. The number of esters is 1. The van der Waals surface area contributed by atoms with E-state index < -0.39 is 52.5 Å². The van der Waals surface area contributed by atoms with Crippen LogP contribution in [-0.4, -0.2) is 12.6 Å². The molecule has 144 valence electrons. The summed E-state index contributed by atoms with van der Waals surface area (Å²) in [6.07, 6.45) is 0.924. The molecule has 0 radical (unpaired) electrons. The summed E-state index contributed by atoms with van der Waals surface area (Å²) in [5.74, 6) is -9.21. The van der Waals surface area contributed by atoms with Crippen molar-refractivity contribution in [3.63, 3.8) is 0 Å². The molecule has 1 aliphatic heterocycles. The van der Waals surface area contributed by atoms with E-state index in [1.54, 1.807) is 0 Å². The second kappa shape index (κ2) is 7.64. The van der Waals surface area contributed by atoms with Crippen LogP contribution in [-0.2, 0) is 4.74 Å². The minimum atomic E-state index is -1.75. The van der Waals surface area contributed by atoms with Crippen LogP contribution in [0.25, 0.3) is 0 Å². The van der Waals surface area contributed by atoms with Gasteiger partial charge >= 0.3 is 5.97 Å². The summed E-state index contributed by atoms with van der Waals surface area (Å²) in [7, 11) is 0. The molecule has 0 aromatic heterocycles. The largest absolute Gasteiger partial charge is 0.423 e. The first-order chi connectivity index (χ1) is 12.8. The number of carbonyl (C=O) groups excluding carboxylic acids is 1. The fourth-order valence-corrected chi connectivity index (χ4v) is 2.87. The Hall–Kier alpha value is -2.48. The highest BCUT2D eigenvalue weighted by molar-refractivity contribution is 5.91. The number of halogens is 5. The van der Waals surface area contributed by atoms with Crippen molar-refractivity contribution in [3.05, 3.63) is 64.5 Å². The molecule has 1 fully saturated rings. The van der Waals surface area contributed by atoms with Gasteiger partial charge in [0.1, 0.15) is 22.9 Å². The molecule has 1 heterocycles. The molecule has 2 aromatic rings. The fraction of sp³-hybridized carbons (Fsp3) is 0.316. The maximum atomic E-state index is 14.3. The predicted octanol–water partition coefficient (Wildman–Crippen LogP) is 5.09. The van der Waals surface area contributed by atoms with E-state index in [9.17, 15) is 26.7 Å². The van der Waals surface area contributed by atoms with Gasteiger partial charge in [-0.05, 0) is 36.5 Å². The highest BCUT2D eigenvalue weighted by Gasteiger charge is 2.26. The molecule has 1 saturated heterocycles. The van der Waals surface area contributed by atoms with Crippen molar-refractivity contribution >= 4 is 5.97 Å². The number of hydrogen-bond acceptors (Lipinski definition) is 3. The van der Waals surface area contributed by atoms with Crippen molar-refractivity contribution in [2.24, 2.45) is 5.92 Å². The number of benzene rings is 2. The molecule has 2 unspecified atom stereocenters. The smallest absolute Gasteiger partial charge is 0.349 e. The van der Waals surface area contributed by atoms with Crippen molar-refractivity contribution in [1.29, 1.82) is 0 Å². The summed E-state index contributed by atoms with van der Waals surface area (Å²) in [6.45, 7) is 2.46. The van der Waals surface area contributed by atoms with Gasteiger partial charge < -0.3 is 9.47 Å². The maximum Gasteiger partial charge on any atom is 0.349 e. The molecule has 3 nitrogen and oxygen atoms in total.